The van der Waals surface area contributed by atoms with Gasteiger partial charge in [-0.05, 0) is 76.4 Å². The molecule has 14 heteroatoms. The third-order valence-corrected chi connectivity index (χ3v) is 7.71. The summed E-state index contributed by atoms with van der Waals surface area (Å²) in [5.74, 6) is -1.55. The zero-order valence-corrected chi connectivity index (χ0v) is 25.7. The van der Waals surface area contributed by atoms with Crippen LogP contribution in [0.4, 0.5) is 19.0 Å². The van der Waals surface area contributed by atoms with Crippen molar-refractivity contribution >= 4 is 23.2 Å². The molecule has 1 fully saturated rings. The van der Waals surface area contributed by atoms with Crippen LogP contribution in [0.5, 0.6) is 5.75 Å². The first-order valence-electron chi connectivity index (χ1n) is 14.5. The van der Waals surface area contributed by atoms with Crippen molar-refractivity contribution in [3.8, 4) is 22.9 Å². The van der Waals surface area contributed by atoms with Crippen LogP contribution in [0.2, 0.25) is 0 Å². The van der Waals surface area contributed by atoms with Crippen molar-refractivity contribution in [2.75, 3.05) is 24.6 Å². The number of carbonyl (C=O) groups is 2. The van der Waals surface area contributed by atoms with Crippen LogP contribution in [-0.2, 0) is 9.53 Å². The number of pyridine rings is 3. The van der Waals surface area contributed by atoms with Crippen molar-refractivity contribution in [3.63, 3.8) is 0 Å². The normalized spacial score (nSPS) is 14.9. The molecule has 5 heterocycles. The summed E-state index contributed by atoms with van der Waals surface area (Å²) in [6.45, 7) is 7.49. The van der Waals surface area contributed by atoms with Gasteiger partial charge in [-0.3, -0.25) is 9.78 Å². The van der Waals surface area contributed by atoms with Crippen LogP contribution in [0.1, 0.15) is 55.2 Å². The number of amides is 1. The molecule has 0 unspecified atom stereocenters. The number of hydrogen-bond acceptors (Lipinski definition) is 9. The molecule has 4 aromatic heterocycles. The molecule has 1 amide bonds. The second-order valence-corrected chi connectivity index (χ2v) is 12.1. The van der Waals surface area contributed by atoms with E-state index in [1.807, 2.05) is 32.0 Å². The van der Waals surface area contributed by atoms with Crippen LogP contribution in [-0.4, -0.2) is 68.5 Å². The quantitative estimate of drug-likeness (QED) is 0.265. The Hall–Kier alpha value is -5.19. The Bertz CT molecular complexity index is 1810. The van der Waals surface area contributed by atoms with E-state index in [1.54, 1.807) is 24.5 Å². The SMILES string of the molecule is Cc1ccnc(C(=O)NC2(C)CCN(c3ccc(-c4cc(OCC(C)(C)OC(=O)C(F)(F)F)cn5ncc(C#N)c45)cn3)CC2)c1. The van der Waals surface area contributed by atoms with Crippen molar-refractivity contribution in [3.05, 3.63) is 71.9 Å². The standard InChI is InChI=1S/C32H32F3N7O4/c1-20-7-10-37-25(13-20)28(43)40-31(4)8-11-41(12-9-31)26-6-5-21(16-38-26)24-14-23(18-42-27(24)22(15-36)17-39-42)45-19-30(2,3)46-29(44)32(33,34)35/h5-7,10,13-14,16-18H,8-9,11-12,19H2,1-4H3,(H,40,43). The second-order valence-electron chi connectivity index (χ2n) is 12.1. The number of nitriles is 1. The van der Waals surface area contributed by atoms with E-state index in [-0.39, 0.29) is 18.3 Å². The van der Waals surface area contributed by atoms with Gasteiger partial charge in [0.15, 0.2) is 0 Å². The Labute approximate surface area is 263 Å². The zero-order chi connectivity index (χ0) is 33.3. The maximum atomic E-state index is 12.8. The molecule has 1 N–H and O–H groups in total. The summed E-state index contributed by atoms with van der Waals surface area (Å²) in [5.41, 5.74) is 1.38. The number of anilines is 1. The number of carbonyl (C=O) groups excluding carboxylic acids is 2. The van der Waals surface area contributed by atoms with Crippen LogP contribution >= 0.6 is 0 Å². The van der Waals surface area contributed by atoms with Gasteiger partial charge >= 0.3 is 12.1 Å². The van der Waals surface area contributed by atoms with Crippen molar-refractivity contribution < 1.29 is 32.2 Å². The van der Waals surface area contributed by atoms with Gasteiger partial charge in [-0.2, -0.15) is 23.5 Å². The number of piperidine rings is 1. The van der Waals surface area contributed by atoms with Gasteiger partial charge < -0.3 is 19.7 Å². The molecule has 0 aromatic carbocycles. The molecule has 0 saturated carbocycles. The Morgan fingerprint density at radius 2 is 1.85 bits per heavy atom. The summed E-state index contributed by atoms with van der Waals surface area (Å²) >= 11 is 0. The van der Waals surface area contributed by atoms with E-state index in [0.29, 0.717) is 53.8 Å². The van der Waals surface area contributed by atoms with Gasteiger partial charge in [-0.1, -0.05) is 0 Å². The molecule has 1 saturated heterocycles. The number of alkyl halides is 3. The predicted octanol–water partition coefficient (Wildman–Crippen LogP) is 5.02. The fourth-order valence-electron chi connectivity index (χ4n) is 5.16. The summed E-state index contributed by atoms with van der Waals surface area (Å²) in [6.07, 6.45) is 2.44. The summed E-state index contributed by atoms with van der Waals surface area (Å²) in [4.78, 5) is 35.1. The van der Waals surface area contributed by atoms with Crippen molar-refractivity contribution in [2.45, 2.75) is 57.9 Å². The molecule has 0 atom stereocenters. The van der Waals surface area contributed by atoms with E-state index in [9.17, 15) is 28.0 Å². The number of aromatic nitrogens is 4. The molecule has 5 rings (SSSR count). The average molecular weight is 636 g/mol. The van der Waals surface area contributed by atoms with Crippen LogP contribution in [0.25, 0.3) is 16.6 Å². The van der Waals surface area contributed by atoms with E-state index < -0.39 is 23.3 Å². The summed E-state index contributed by atoms with van der Waals surface area (Å²) in [7, 11) is 0. The highest BCUT2D eigenvalue weighted by Crippen LogP contribution is 2.33. The number of rotatable bonds is 8. The monoisotopic (exact) mass is 635 g/mol. The van der Waals surface area contributed by atoms with Crippen molar-refractivity contribution in [2.24, 2.45) is 0 Å². The van der Waals surface area contributed by atoms with Crippen LogP contribution in [0.15, 0.2) is 55.1 Å². The number of nitrogens with zero attached hydrogens (tertiary/aromatic N) is 6. The number of nitrogens with one attached hydrogen (secondary N) is 1. The highest BCUT2D eigenvalue weighted by atomic mass is 19.4. The van der Waals surface area contributed by atoms with Crippen molar-refractivity contribution in [1.82, 2.24) is 24.9 Å². The van der Waals surface area contributed by atoms with Gasteiger partial charge in [-0.25, -0.2) is 14.3 Å². The number of fused-ring (bicyclic) bond motifs is 1. The highest BCUT2D eigenvalue weighted by molar-refractivity contribution is 5.93. The molecule has 1 aliphatic heterocycles. The first-order chi connectivity index (χ1) is 21.7. The third-order valence-electron chi connectivity index (χ3n) is 7.71. The number of aryl methyl sites for hydroxylation is 1. The Morgan fingerprint density at radius 1 is 1.11 bits per heavy atom. The summed E-state index contributed by atoms with van der Waals surface area (Å²) in [5, 5.41) is 17.1. The fourth-order valence-corrected chi connectivity index (χ4v) is 5.16. The molecule has 0 aliphatic carbocycles. The fraction of sp³-hybridized carbons (Fsp3) is 0.375. The molecule has 11 nitrogen and oxygen atoms in total. The maximum absolute atomic E-state index is 12.8. The first kappa shape index (κ1) is 32.2. The molecule has 4 aromatic rings. The largest absolute Gasteiger partial charge is 0.490 e. The maximum Gasteiger partial charge on any atom is 0.490 e. The van der Waals surface area contributed by atoms with E-state index in [4.69, 9.17) is 4.74 Å². The molecule has 1 aliphatic rings. The van der Waals surface area contributed by atoms with Crippen molar-refractivity contribution in [1.29, 1.82) is 5.26 Å². The lowest BCUT2D eigenvalue weighted by molar-refractivity contribution is -0.213. The lowest BCUT2D eigenvalue weighted by Crippen LogP contribution is -2.53. The third kappa shape index (κ3) is 7.20. The summed E-state index contributed by atoms with van der Waals surface area (Å²) < 4.78 is 49.9. The minimum absolute atomic E-state index is 0.206. The van der Waals surface area contributed by atoms with E-state index >= 15 is 0 Å². The zero-order valence-electron chi connectivity index (χ0n) is 25.7. The van der Waals surface area contributed by atoms with E-state index in [2.05, 4.69) is 36.1 Å². The van der Waals surface area contributed by atoms with Gasteiger partial charge in [0.05, 0.1) is 23.5 Å². The molecule has 0 bridgehead atoms. The van der Waals surface area contributed by atoms with E-state index in [0.717, 1.165) is 11.4 Å². The molecule has 46 heavy (non-hydrogen) atoms. The van der Waals surface area contributed by atoms with Gasteiger partial charge in [-0.15, -0.1) is 0 Å². The molecular formula is C32H32F3N7O4. The van der Waals surface area contributed by atoms with Crippen LogP contribution in [0.3, 0.4) is 0 Å². The first-order valence-corrected chi connectivity index (χ1v) is 14.5. The van der Waals surface area contributed by atoms with Crippen LogP contribution in [0, 0.1) is 18.3 Å². The molecular weight excluding hydrogens is 603 g/mol. The van der Waals surface area contributed by atoms with E-state index in [1.165, 1.54) is 30.8 Å². The second kappa shape index (κ2) is 12.3. The minimum atomic E-state index is -5.13. The smallest absolute Gasteiger partial charge is 0.488 e. The lowest BCUT2D eigenvalue weighted by Gasteiger charge is -2.40. The molecule has 240 valence electrons. The highest BCUT2D eigenvalue weighted by Gasteiger charge is 2.44. The molecule has 0 spiro atoms. The number of esters is 1. The topological polar surface area (TPSA) is 135 Å². The molecule has 0 radical (unpaired) electrons. The number of ether oxygens (including phenoxy) is 2. The van der Waals surface area contributed by atoms with Gasteiger partial charge in [0, 0.05) is 42.1 Å². The van der Waals surface area contributed by atoms with Gasteiger partial charge in [0.25, 0.3) is 5.91 Å². The summed E-state index contributed by atoms with van der Waals surface area (Å²) in [6, 6.07) is 11.1. The number of hydrogen-bond donors (Lipinski definition) is 1. The Balaban J connectivity index is 1.30. The van der Waals surface area contributed by atoms with Crippen LogP contribution < -0.4 is 15.0 Å². The minimum Gasteiger partial charge on any atom is -0.488 e. The predicted molar refractivity (Wildman–Crippen MR) is 161 cm³/mol. The number of halogens is 3. The lowest BCUT2D eigenvalue weighted by atomic mass is 9.89. The Morgan fingerprint density at radius 3 is 2.48 bits per heavy atom. The average Bonchev–Trinajstić information content (AvgIpc) is 3.42. The Kier molecular flexibility index (Phi) is 8.62. The van der Waals surface area contributed by atoms with Gasteiger partial charge in [0.1, 0.15) is 35.5 Å². The van der Waals surface area contributed by atoms with Gasteiger partial charge in [0.2, 0.25) is 0 Å².